The number of esters is 2. The first kappa shape index (κ1) is 23.2. The van der Waals surface area contributed by atoms with Crippen molar-refractivity contribution in [3.05, 3.63) is 76.7 Å². The molecule has 2 aromatic carbocycles. The van der Waals surface area contributed by atoms with Crippen LogP contribution in [-0.4, -0.2) is 31.1 Å². The van der Waals surface area contributed by atoms with Crippen LogP contribution in [0.5, 0.6) is 0 Å². The van der Waals surface area contributed by atoms with Gasteiger partial charge >= 0.3 is 11.9 Å². The van der Waals surface area contributed by atoms with Crippen molar-refractivity contribution in [1.82, 2.24) is 0 Å². The van der Waals surface area contributed by atoms with Crippen molar-refractivity contribution in [3.8, 4) is 11.1 Å². The Morgan fingerprint density at radius 2 is 1.69 bits per heavy atom. The first-order chi connectivity index (χ1) is 15.5. The van der Waals surface area contributed by atoms with E-state index in [0.29, 0.717) is 22.5 Å². The van der Waals surface area contributed by atoms with Crippen molar-refractivity contribution in [2.75, 3.05) is 18.5 Å². The molecule has 166 valence electrons. The summed E-state index contributed by atoms with van der Waals surface area (Å²) in [5, 5.41) is 4.85. The highest BCUT2D eigenvalue weighted by molar-refractivity contribution is 7.15. The molecule has 0 aliphatic rings. The number of carbonyl (C=O) groups excluding carboxylic acids is 3. The Bertz CT molecular complexity index is 1070. The average Bonchev–Trinajstić information content (AvgIpc) is 3.21. The maximum absolute atomic E-state index is 12.6. The third-order valence-electron chi connectivity index (χ3n) is 4.71. The van der Waals surface area contributed by atoms with Gasteiger partial charge in [0.25, 0.3) is 5.91 Å². The molecule has 7 heteroatoms. The van der Waals surface area contributed by atoms with Gasteiger partial charge in [-0.3, -0.25) is 9.59 Å². The molecule has 1 aromatic heterocycles. The van der Waals surface area contributed by atoms with Crippen LogP contribution < -0.4 is 5.32 Å². The molecule has 3 rings (SSSR count). The normalized spacial score (nSPS) is 10.4. The van der Waals surface area contributed by atoms with Crippen LogP contribution in [0.15, 0.2) is 60.0 Å². The van der Waals surface area contributed by atoms with Gasteiger partial charge in [-0.2, -0.15) is 0 Å². The lowest BCUT2D eigenvalue weighted by atomic mass is 10.0. The Morgan fingerprint density at radius 1 is 0.969 bits per heavy atom. The molecule has 0 aliphatic carbocycles. The minimum Gasteiger partial charge on any atom is -0.462 e. The monoisotopic (exact) mass is 451 g/mol. The molecule has 0 spiro atoms. The number of anilines is 1. The molecule has 1 heterocycles. The number of aryl methyl sites for hydroxylation is 2. The van der Waals surface area contributed by atoms with E-state index in [9.17, 15) is 14.4 Å². The van der Waals surface area contributed by atoms with Gasteiger partial charge in [-0.05, 0) is 31.4 Å². The molecule has 1 amide bonds. The van der Waals surface area contributed by atoms with E-state index in [0.717, 1.165) is 16.7 Å². The van der Waals surface area contributed by atoms with Crippen molar-refractivity contribution >= 4 is 34.2 Å². The smallest absolute Gasteiger partial charge is 0.341 e. The van der Waals surface area contributed by atoms with Crippen LogP contribution in [0.1, 0.15) is 34.8 Å². The van der Waals surface area contributed by atoms with E-state index in [1.165, 1.54) is 11.3 Å². The quantitative estimate of drug-likeness (QED) is 0.462. The molecule has 32 heavy (non-hydrogen) atoms. The largest absolute Gasteiger partial charge is 0.462 e. The van der Waals surface area contributed by atoms with Gasteiger partial charge in [0.05, 0.1) is 6.61 Å². The van der Waals surface area contributed by atoms with E-state index < -0.39 is 24.5 Å². The summed E-state index contributed by atoms with van der Waals surface area (Å²) < 4.78 is 10.3. The SMILES string of the molecule is CCOC(=O)c1c(-c2ccc(C)cc2)csc1NC(=O)COC(=O)CCc1ccccc1. The molecule has 0 saturated carbocycles. The van der Waals surface area contributed by atoms with Crippen LogP contribution in [0, 0.1) is 6.92 Å². The highest BCUT2D eigenvalue weighted by Gasteiger charge is 2.23. The predicted octanol–water partition coefficient (Wildman–Crippen LogP) is 5.01. The Balaban J connectivity index is 1.64. The molecule has 1 N–H and O–H groups in total. The zero-order valence-electron chi connectivity index (χ0n) is 18.1. The van der Waals surface area contributed by atoms with E-state index in [2.05, 4.69) is 5.32 Å². The number of carbonyl (C=O) groups is 3. The molecule has 0 atom stereocenters. The molecule has 0 unspecified atom stereocenters. The fourth-order valence-electron chi connectivity index (χ4n) is 3.07. The summed E-state index contributed by atoms with van der Waals surface area (Å²) in [6.07, 6.45) is 0.723. The number of hydrogen-bond acceptors (Lipinski definition) is 6. The highest BCUT2D eigenvalue weighted by Crippen LogP contribution is 2.36. The van der Waals surface area contributed by atoms with Crippen LogP contribution in [0.4, 0.5) is 5.00 Å². The zero-order chi connectivity index (χ0) is 22.9. The molecule has 0 aliphatic heterocycles. The summed E-state index contributed by atoms with van der Waals surface area (Å²) in [5.74, 6) is -1.48. The highest BCUT2D eigenvalue weighted by atomic mass is 32.1. The number of benzene rings is 2. The second kappa shape index (κ2) is 11.2. The van der Waals surface area contributed by atoms with Gasteiger partial charge in [0.1, 0.15) is 10.6 Å². The standard InChI is InChI=1S/C25H25NO5S/c1-3-30-25(29)23-20(19-12-9-17(2)10-13-19)16-32-24(23)26-21(27)15-31-22(28)14-11-18-7-5-4-6-8-18/h4-10,12-13,16H,3,11,14-15H2,1-2H3,(H,26,27). The van der Waals surface area contributed by atoms with Gasteiger partial charge in [-0.15, -0.1) is 11.3 Å². The summed E-state index contributed by atoms with van der Waals surface area (Å²) in [7, 11) is 0. The summed E-state index contributed by atoms with van der Waals surface area (Å²) in [6.45, 7) is 3.50. The number of nitrogens with one attached hydrogen (secondary N) is 1. The van der Waals surface area contributed by atoms with E-state index >= 15 is 0 Å². The lowest BCUT2D eigenvalue weighted by Gasteiger charge is -2.09. The number of ether oxygens (including phenoxy) is 2. The third kappa shape index (κ3) is 6.28. The maximum atomic E-state index is 12.6. The van der Waals surface area contributed by atoms with Crippen LogP contribution >= 0.6 is 11.3 Å². The molecular formula is C25H25NO5S. The second-order valence-corrected chi connectivity index (χ2v) is 8.01. The molecule has 0 radical (unpaired) electrons. The van der Waals surface area contributed by atoms with Crippen LogP contribution in [0.2, 0.25) is 0 Å². The van der Waals surface area contributed by atoms with Gasteiger partial charge in [-0.1, -0.05) is 60.2 Å². The van der Waals surface area contributed by atoms with E-state index in [4.69, 9.17) is 9.47 Å². The predicted molar refractivity (Wildman–Crippen MR) is 125 cm³/mol. The Morgan fingerprint density at radius 3 is 2.38 bits per heavy atom. The summed E-state index contributed by atoms with van der Waals surface area (Å²) in [5.41, 5.74) is 3.95. The van der Waals surface area contributed by atoms with E-state index in [1.54, 1.807) is 12.3 Å². The lowest BCUT2D eigenvalue weighted by molar-refractivity contribution is -0.147. The maximum Gasteiger partial charge on any atom is 0.341 e. The van der Waals surface area contributed by atoms with Gasteiger partial charge in [0, 0.05) is 17.4 Å². The molecule has 3 aromatic rings. The number of thiophene rings is 1. The first-order valence-corrected chi connectivity index (χ1v) is 11.2. The minimum absolute atomic E-state index is 0.182. The van der Waals surface area contributed by atoms with Crippen molar-refractivity contribution in [1.29, 1.82) is 0 Å². The third-order valence-corrected chi connectivity index (χ3v) is 5.61. The average molecular weight is 452 g/mol. The Hall–Kier alpha value is -3.45. The van der Waals surface area contributed by atoms with Crippen molar-refractivity contribution < 1.29 is 23.9 Å². The van der Waals surface area contributed by atoms with Crippen LogP contribution in [0.3, 0.4) is 0 Å². The number of amides is 1. The topological polar surface area (TPSA) is 81.7 Å². The zero-order valence-corrected chi connectivity index (χ0v) is 18.9. The minimum atomic E-state index is -0.514. The van der Waals surface area contributed by atoms with Crippen molar-refractivity contribution in [3.63, 3.8) is 0 Å². The fraction of sp³-hybridized carbons (Fsp3) is 0.240. The van der Waals surface area contributed by atoms with E-state index in [-0.39, 0.29) is 13.0 Å². The summed E-state index contributed by atoms with van der Waals surface area (Å²) >= 11 is 1.23. The first-order valence-electron chi connectivity index (χ1n) is 10.3. The Labute approximate surface area is 191 Å². The number of hydrogen-bond donors (Lipinski definition) is 1. The summed E-state index contributed by atoms with van der Waals surface area (Å²) in [4.78, 5) is 37.0. The van der Waals surface area contributed by atoms with E-state index in [1.807, 2.05) is 61.5 Å². The van der Waals surface area contributed by atoms with Crippen LogP contribution in [-0.2, 0) is 25.5 Å². The van der Waals surface area contributed by atoms with Gasteiger partial charge < -0.3 is 14.8 Å². The molecule has 0 saturated heterocycles. The van der Waals surface area contributed by atoms with Gasteiger partial charge in [0.2, 0.25) is 0 Å². The lowest BCUT2D eigenvalue weighted by Crippen LogP contribution is -2.21. The van der Waals surface area contributed by atoms with Crippen molar-refractivity contribution in [2.24, 2.45) is 0 Å². The van der Waals surface area contributed by atoms with Gasteiger partial charge in [0.15, 0.2) is 6.61 Å². The molecular weight excluding hydrogens is 426 g/mol. The number of rotatable bonds is 9. The summed E-state index contributed by atoms with van der Waals surface area (Å²) in [6, 6.07) is 17.3. The molecule has 0 fully saturated rings. The molecule has 6 nitrogen and oxygen atoms in total. The molecule has 0 bridgehead atoms. The fourth-order valence-corrected chi connectivity index (χ4v) is 4.05. The van der Waals surface area contributed by atoms with Crippen molar-refractivity contribution in [2.45, 2.75) is 26.7 Å². The van der Waals surface area contributed by atoms with Crippen LogP contribution in [0.25, 0.3) is 11.1 Å². The second-order valence-electron chi connectivity index (χ2n) is 7.13. The Kier molecular flexibility index (Phi) is 8.16. The van der Waals surface area contributed by atoms with Gasteiger partial charge in [-0.25, -0.2) is 4.79 Å².